The van der Waals surface area contributed by atoms with E-state index in [1.807, 2.05) is 18.2 Å². The number of ether oxygens (including phenoxy) is 1. The highest BCUT2D eigenvalue weighted by Crippen LogP contribution is 2.30. The average molecular weight is 249 g/mol. The van der Waals surface area contributed by atoms with Crippen LogP contribution in [0.15, 0.2) is 24.3 Å². The van der Waals surface area contributed by atoms with E-state index in [9.17, 15) is 5.11 Å². The molecule has 0 aromatic heterocycles. The van der Waals surface area contributed by atoms with Crippen LogP contribution in [0.3, 0.4) is 0 Å². The Labute approximate surface area is 109 Å². The van der Waals surface area contributed by atoms with Crippen LogP contribution < -0.4 is 10.1 Å². The third kappa shape index (κ3) is 3.24. The fourth-order valence-electron chi connectivity index (χ4n) is 2.40. The molecule has 1 fully saturated rings. The molecular weight excluding hydrogens is 226 g/mol. The van der Waals surface area contributed by atoms with Gasteiger partial charge in [-0.3, -0.25) is 0 Å². The van der Waals surface area contributed by atoms with Crippen LogP contribution in [0.5, 0.6) is 5.75 Å². The topological polar surface area (TPSA) is 41.5 Å². The number of rotatable bonds is 6. The number of nitrogens with one attached hydrogen (secondary N) is 1. The summed E-state index contributed by atoms with van der Waals surface area (Å²) in [5, 5.41) is 13.5. The first-order chi connectivity index (χ1) is 8.63. The van der Waals surface area contributed by atoms with Crippen LogP contribution in [0.4, 0.5) is 0 Å². The Morgan fingerprint density at radius 3 is 2.72 bits per heavy atom. The first-order valence-electron chi connectivity index (χ1n) is 6.71. The molecule has 0 spiro atoms. The highest BCUT2D eigenvalue weighted by atomic mass is 16.5. The molecule has 1 unspecified atom stereocenters. The summed E-state index contributed by atoms with van der Waals surface area (Å²) >= 11 is 0. The summed E-state index contributed by atoms with van der Waals surface area (Å²) in [6.45, 7) is 2.85. The zero-order valence-corrected chi connectivity index (χ0v) is 11.3. The minimum absolute atomic E-state index is 0.339. The zero-order chi connectivity index (χ0) is 13.0. The maximum absolute atomic E-state index is 10.0. The third-order valence-corrected chi connectivity index (χ3v) is 3.78. The van der Waals surface area contributed by atoms with Crippen molar-refractivity contribution in [2.75, 3.05) is 13.7 Å². The van der Waals surface area contributed by atoms with Crippen LogP contribution in [0.1, 0.15) is 31.7 Å². The smallest absolute Gasteiger partial charge is 0.122 e. The second-order valence-corrected chi connectivity index (χ2v) is 5.38. The van der Waals surface area contributed by atoms with E-state index in [1.165, 1.54) is 5.56 Å². The lowest BCUT2D eigenvalue weighted by atomic mass is 9.80. The van der Waals surface area contributed by atoms with E-state index in [1.54, 1.807) is 7.11 Å². The van der Waals surface area contributed by atoms with Gasteiger partial charge in [0.2, 0.25) is 0 Å². The van der Waals surface area contributed by atoms with Crippen molar-refractivity contribution in [1.29, 1.82) is 0 Å². The predicted molar refractivity (Wildman–Crippen MR) is 73.0 cm³/mol. The number of hydrogen-bond acceptors (Lipinski definition) is 3. The van der Waals surface area contributed by atoms with Gasteiger partial charge in [0.05, 0.1) is 12.7 Å². The minimum atomic E-state index is -0.449. The van der Waals surface area contributed by atoms with E-state index in [0.29, 0.717) is 12.6 Å². The second-order valence-electron chi connectivity index (χ2n) is 5.38. The van der Waals surface area contributed by atoms with E-state index in [-0.39, 0.29) is 0 Å². The highest BCUT2D eigenvalue weighted by Gasteiger charge is 2.34. The minimum Gasteiger partial charge on any atom is -0.496 e. The van der Waals surface area contributed by atoms with Gasteiger partial charge in [-0.25, -0.2) is 0 Å². The Morgan fingerprint density at radius 1 is 1.39 bits per heavy atom. The predicted octanol–water partition coefficient (Wildman–Crippen LogP) is 2.13. The molecule has 0 saturated heterocycles. The molecule has 2 rings (SSSR count). The molecule has 1 aliphatic rings. The Kier molecular flexibility index (Phi) is 4.25. The summed E-state index contributed by atoms with van der Waals surface area (Å²) in [5.74, 6) is 0.938. The summed E-state index contributed by atoms with van der Waals surface area (Å²) in [6.07, 6.45) is 3.93. The molecule has 3 nitrogen and oxygen atoms in total. The fourth-order valence-corrected chi connectivity index (χ4v) is 2.40. The van der Waals surface area contributed by atoms with Crippen molar-refractivity contribution < 1.29 is 9.84 Å². The maximum Gasteiger partial charge on any atom is 0.122 e. The number of methoxy groups -OCH3 is 1. The van der Waals surface area contributed by atoms with E-state index in [0.717, 1.165) is 31.4 Å². The van der Waals surface area contributed by atoms with E-state index >= 15 is 0 Å². The van der Waals surface area contributed by atoms with Gasteiger partial charge in [0.1, 0.15) is 5.75 Å². The van der Waals surface area contributed by atoms with Crippen LogP contribution in [-0.4, -0.2) is 30.4 Å². The molecule has 1 saturated carbocycles. The lowest BCUT2D eigenvalue weighted by Gasteiger charge is -2.37. The Hall–Kier alpha value is -1.06. The first kappa shape index (κ1) is 13.4. The van der Waals surface area contributed by atoms with Gasteiger partial charge in [0.25, 0.3) is 0 Å². The molecule has 100 valence electrons. The van der Waals surface area contributed by atoms with Gasteiger partial charge in [0.15, 0.2) is 0 Å². The maximum atomic E-state index is 10.0. The largest absolute Gasteiger partial charge is 0.496 e. The molecule has 2 N–H and O–H groups in total. The van der Waals surface area contributed by atoms with Crippen LogP contribution in [0.2, 0.25) is 0 Å². The molecule has 1 aliphatic carbocycles. The lowest BCUT2D eigenvalue weighted by Crippen LogP contribution is -2.48. The van der Waals surface area contributed by atoms with Gasteiger partial charge in [-0.1, -0.05) is 18.2 Å². The summed E-state index contributed by atoms with van der Waals surface area (Å²) < 4.78 is 5.35. The fraction of sp³-hybridized carbons (Fsp3) is 0.600. The van der Waals surface area contributed by atoms with Gasteiger partial charge in [-0.15, -0.1) is 0 Å². The molecular formula is C15H23NO2. The van der Waals surface area contributed by atoms with Crippen molar-refractivity contribution in [2.24, 2.45) is 0 Å². The Morgan fingerprint density at radius 2 is 2.11 bits per heavy atom. The molecule has 1 aromatic carbocycles. The second kappa shape index (κ2) is 5.72. The lowest BCUT2D eigenvalue weighted by molar-refractivity contribution is -0.0328. The molecule has 0 bridgehead atoms. The van der Waals surface area contributed by atoms with Crippen LogP contribution in [0, 0.1) is 0 Å². The Bertz CT molecular complexity index is 388. The average Bonchev–Trinajstić information content (AvgIpc) is 2.35. The standard InChI is InChI=1S/C15H23NO2/c1-12(16-11-15(17)8-5-9-15)10-13-6-3-4-7-14(13)18-2/h3-4,6-7,12,16-17H,5,8-11H2,1-2H3. The van der Waals surface area contributed by atoms with Crippen molar-refractivity contribution in [3.8, 4) is 5.75 Å². The third-order valence-electron chi connectivity index (χ3n) is 3.78. The summed E-state index contributed by atoms with van der Waals surface area (Å²) in [7, 11) is 1.70. The molecule has 1 atom stereocenters. The monoisotopic (exact) mass is 249 g/mol. The van der Waals surface area contributed by atoms with Gasteiger partial charge >= 0.3 is 0 Å². The summed E-state index contributed by atoms with van der Waals surface area (Å²) in [6, 6.07) is 8.43. The van der Waals surface area contributed by atoms with Crippen molar-refractivity contribution in [1.82, 2.24) is 5.32 Å². The van der Waals surface area contributed by atoms with Gasteiger partial charge < -0.3 is 15.2 Å². The number of hydrogen-bond donors (Lipinski definition) is 2. The summed E-state index contributed by atoms with van der Waals surface area (Å²) in [5.41, 5.74) is 0.760. The van der Waals surface area contributed by atoms with Gasteiger partial charge in [-0.05, 0) is 44.2 Å². The molecule has 18 heavy (non-hydrogen) atoms. The first-order valence-corrected chi connectivity index (χ1v) is 6.71. The zero-order valence-electron chi connectivity index (χ0n) is 11.3. The molecule has 0 radical (unpaired) electrons. The highest BCUT2D eigenvalue weighted by molar-refractivity contribution is 5.33. The van der Waals surface area contributed by atoms with Gasteiger partial charge in [0, 0.05) is 12.6 Å². The molecule has 1 aromatic rings. The van der Waals surface area contributed by atoms with Crippen LogP contribution in [0.25, 0.3) is 0 Å². The quantitative estimate of drug-likeness (QED) is 0.811. The van der Waals surface area contributed by atoms with Crippen molar-refractivity contribution in [2.45, 2.75) is 44.2 Å². The van der Waals surface area contributed by atoms with Crippen LogP contribution >= 0.6 is 0 Å². The Balaban J connectivity index is 1.84. The van der Waals surface area contributed by atoms with E-state index in [2.05, 4.69) is 18.3 Å². The van der Waals surface area contributed by atoms with Crippen molar-refractivity contribution in [3.05, 3.63) is 29.8 Å². The van der Waals surface area contributed by atoms with Crippen molar-refractivity contribution in [3.63, 3.8) is 0 Å². The number of para-hydroxylation sites is 1. The molecule has 3 heteroatoms. The molecule has 0 aliphatic heterocycles. The number of benzene rings is 1. The van der Waals surface area contributed by atoms with Crippen LogP contribution in [-0.2, 0) is 6.42 Å². The van der Waals surface area contributed by atoms with E-state index in [4.69, 9.17) is 4.74 Å². The normalized spacial score (nSPS) is 19.1. The number of aliphatic hydroxyl groups is 1. The van der Waals surface area contributed by atoms with Crippen molar-refractivity contribution >= 4 is 0 Å². The molecule has 0 heterocycles. The van der Waals surface area contributed by atoms with Gasteiger partial charge in [-0.2, -0.15) is 0 Å². The van der Waals surface area contributed by atoms with E-state index < -0.39 is 5.60 Å². The summed E-state index contributed by atoms with van der Waals surface area (Å²) in [4.78, 5) is 0. The SMILES string of the molecule is COc1ccccc1CC(C)NCC1(O)CCC1. The molecule has 0 amide bonds.